The van der Waals surface area contributed by atoms with Crippen LogP contribution >= 0.6 is 15.9 Å². The van der Waals surface area contributed by atoms with Crippen LogP contribution in [0.4, 0.5) is 0 Å². The lowest BCUT2D eigenvalue weighted by Gasteiger charge is -2.11. The molecule has 0 amide bonds. The van der Waals surface area contributed by atoms with Crippen molar-refractivity contribution in [2.75, 3.05) is 11.1 Å². The summed E-state index contributed by atoms with van der Waals surface area (Å²) in [5.74, 6) is 1.10. The van der Waals surface area contributed by atoms with Crippen molar-refractivity contribution in [3.63, 3.8) is 0 Å². The van der Waals surface area contributed by atoms with E-state index in [2.05, 4.69) is 36.7 Å². The molecule has 0 N–H and O–H groups in total. The van der Waals surface area contributed by atoms with Crippen LogP contribution in [0.3, 0.4) is 0 Å². The van der Waals surface area contributed by atoms with E-state index in [1.165, 1.54) is 5.56 Å². The smallest absolute Gasteiger partial charge is 0.178 e. The lowest BCUT2D eigenvalue weighted by molar-refractivity contribution is 0.536. The van der Waals surface area contributed by atoms with Crippen molar-refractivity contribution in [1.82, 2.24) is 0 Å². The van der Waals surface area contributed by atoms with E-state index in [-0.39, 0.29) is 5.75 Å². The van der Waals surface area contributed by atoms with Gasteiger partial charge in [-0.3, -0.25) is 0 Å². The zero-order chi connectivity index (χ0) is 14.5. The van der Waals surface area contributed by atoms with Crippen LogP contribution in [0.1, 0.15) is 45.1 Å². The van der Waals surface area contributed by atoms with Crippen molar-refractivity contribution in [3.8, 4) is 0 Å². The molecule has 1 aromatic carbocycles. The molecule has 1 unspecified atom stereocenters. The van der Waals surface area contributed by atoms with Crippen LogP contribution in [0.25, 0.3) is 0 Å². The maximum absolute atomic E-state index is 12.2. The Bertz CT molecular complexity index is 477. The molecule has 0 heterocycles. The van der Waals surface area contributed by atoms with Crippen molar-refractivity contribution >= 4 is 25.8 Å². The van der Waals surface area contributed by atoms with Gasteiger partial charge in [-0.25, -0.2) is 8.42 Å². The van der Waals surface area contributed by atoms with E-state index in [9.17, 15) is 8.42 Å². The minimum atomic E-state index is -3.13. The molecule has 1 rings (SSSR count). The number of hydrogen-bond acceptors (Lipinski definition) is 2. The van der Waals surface area contributed by atoms with Crippen LogP contribution in [0.2, 0.25) is 0 Å². The van der Waals surface area contributed by atoms with E-state index in [0.717, 1.165) is 18.2 Å². The fourth-order valence-corrected chi connectivity index (χ4v) is 4.15. The van der Waals surface area contributed by atoms with Gasteiger partial charge in [-0.15, -0.1) is 0 Å². The summed E-state index contributed by atoms with van der Waals surface area (Å²) in [7, 11) is -3.13. The van der Waals surface area contributed by atoms with Gasteiger partial charge in [0, 0.05) is 5.33 Å². The third-order valence-corrected chi connectivity index (χ3v) is 5.61. The molecule has 0 aromatic heterocycles. The Kier molecular flexibility index (Phi) is 6.54. The molecule has 1 atom stereocenters. The number of alkyl halides is 1. The zero-order valence-corrected chi connectivity index (χ0v) is 14.3. The monoisotopic (exact) mass is 346 g/mol. The topological polar surface area (TPSA) is 34.1 Å². The van der Waals surface area contributed by atoms with Crippen molar-refractivity contribution in [1.29, 1.82) is 0 Å². The molecule has 0 aliphatic rings. The summed E-state index contributed by atoms with van der Waals surface area (Å²) in [6.45, 7) is 6.30. The third kappa shape index (κ3) is 5.27. The van der Waals surface area contributed by atoms with Crippen molar-refractivity contribution in [2.45, 2.75) is 44.4 Å². The lowest BCUT2D eigenvalue weighted by atomic mass is 10.0. The maximum Gasteiger partial charge on any atom is 0.178 e. The van der Waals surface area contributed by atoms with Crippen LogP contribution in [-0.4, -0.2) is 19.5 Å². The molecule has 2 nitrogen and oxygen atoms in total. The molecule has 0 fully saturated rings. The number of hydrogen-bond donors (Lipinski definition) is 0. The van der Waals surface area contributed by atoms with Gasteiger partial charge in [-0.1, -0.05) is 48.8 Å². The molecule has 19 heavy (non-hydrogen) atoms. The Balaban J connectivity index is 2.72. The minimum absolute atomic E-state index is 0.238. The zero-order valence-electron chi connectivity index (χ0n) is 11.9. The van der Waals surface area contributed by atoms with Gasteiger partial charge in [0.05, 0.1) is 10.6 Å². The van der Waals surface area contributed by atoms with Gasteiger partial charge in [-0.2, -0.15) is 0 Å². The van der Waals surface area contributed by atoms with Gasteiger partial charge in [-0.05, 0) is 42.4 Å². The Hall–Kier alpha value is -0.350. The molecule has 0 aliphatic heterocycles. The van der Waals surface area contributed by atoms with Gasteiger partial charge in [0.1, 0.15) is 0 Å². The first kappa shape index (κ1) is 16.7. The molecule has 0 aliphatic carbocycles. The molecule has 1 aromatic rings. The van der Waals surface area contributed by atoms with Crippen LogP contribution in [0.5, 0.6) is 0 Å². The fourth-order valence-electron chi connectivity index (χ4n) is 1.86. The van der Waals surface area contributed by atoms with Crippen LogP contribution in [0.15, 0.2) is 29.2 Å². The largest absolute Gasteiger partial charge is 0.224 e. The standard InChI is InChI=1S/C15H23BrO2S/c1-12(2)14-4-6-15(7-5-14)19(17,18)11-9-13(3)8-10-16/h4-7,12-13H,8-11H2,1-3H3. The molecule has 0 saturated heterocycles. The Morgan fingerprint density at radius 1 is 1.05 bits per heavy atom. The summed E-state index contributed by atoms with van der Waals surface area (Å²) in [5.41, 5.74) is 1.17. The van der Waals surface area contributed by atoms with Gasteiger partial charge >= 0.3 is 0 Å². The second kappa shape index (κ2) is 7.44. The summed E-state index contributed by atoms with van der Waals surface area (Å²) in [6, 6.07) is 7.30. The number of halogens is 1. The highest BCUT2D eigenvalue weighted by molar-refractivity contribution is 9.09. The first-order chi connectivity index (χ1) is 8.86. The minimum Gasteiger partial charge on any atom is -0.224 e. The SMILES string of the molecule is CC(CCBr)CCS(=O)(=O)c1ccc(C(C)C)cc1. The van der Waals surface area contributed by atoms with Crippen LogP contribution < -0.4 is 0 Å². The third-order valence-electron chi connectivity index (χ3n) is 3.39. The molecule has 0 saturated carbocycles. The highest BCUT2D eigenvalue weighted by atomic mass is 79.9. The summed E-state index contributed by atoms with van der Waals surface area (Å²) >= 11 is 3.39. The summed E-state index contributed by atoms with van der Waals surface area (Å²) in [6.07, 6.45) is 1.74. The van der Waals surface area contributed by atoms with Gasteiger partial charge in [0.25, 0.3) is 0 Å². The molecule has 0 radical (unpaired) electrons. The summed E-state index contributed by atoms with van der Waals surface area (Å²) < 4.78 is 24.4. The average molecular weight is 347 g/mol. The van der Waals surface area contributed by atoms with Gasteiger partial charge < -0.3 is 0 Å². The van der Waals surface area contributed by atoms with Gasteiger partial charge in [0.15, 0.2) is 9.84 Å². The van der Waals surface area contributed by atoms with Crippen molar-refractivity contribution < 1.29 is 8.42 Å². The number of sulfone groups is 1. The first-order valence-corrected chi connectivity index (χ1v) is 9.53. The van der Waals surface area contributed by atoms with E-state index >= 15 is 0 Å². The lowest BCUT2D eigenvalue weighted by Crippen LogP contribution is -2.10. The molecule has 4 heteroatoms. The fraction of sp³-hybridized carbons (Fsp3) is 0.600. The van der Waals surface area contributed by atoms with E-state index in [1.807, 2.05) is 12.1 Å². The second-order valence-corrected chi connectivity index (χ2v) is 8.32. The van der Waals surface area contributed by atoms with Crippen molar-refractivity contribution in [3.05, 3.63) is 29.8 Å². The van der Waals surface area contributed by atoms with E-state index in [4.69, 9.17) is 0 Å². The van der Waals surface area contributed by atoms with Crippen molar-refractivity contribution in [2.24, 2.45) is 5.92 Å². The van der Waals surface area contributed by atoms with Crippen LogP contribution in [-0.2, 0) is 9.84 Å². The van der Waals surface area contributed by atoms with E-state index < -0.39 is 9.84 Å². The summed E-state index contributed by atoms with van der Waals surface area (Å²) in [4.78, 5) is 0.447. The molecular formula is C15H23BrO2S. The van der Waals surface area contributed by atoms with E-state index in [1.54, 1.807) is 12.1 Å². The second-order valence-electron chi connectivity index (χ2n) is 5.41. The predicted octanol–water partition coefficient (Wildman–Crippen LogP) is 4.39. The Labute approximate surface area is 125 Å². The molecular weight excluding hydrogens is 324 g/mol. The summed E-state index contributed by atoms with van der Waals surface area (Å²) in [5, 5.41) is 0.928. The number of rotatable bonds is 7. The molecule has 0 spiro atoms. The predicted molar refractivity (Wildman–Crippen MR) is 84.8 cm³/mol. The molecule has 0 bridgehead atoms. The number of benzene rings is 1. The first-order valence-electron chi connectivity index (χ1n) is 6.75. The molecule has 108 valence electrons. The normalized spacial score (nSPS) is 13.7. The van der Waals surface area contributed by atoms with Crippen LogP contribution in [0, 0.1) is 5.92 Å². The van der Waals surface area contributed by atoms with Gasteiger partial charge in [0.2, 0.25) is 0 Å². The highest BCUT2D eigenvalue weighted by Gasteiger charge is 2.16. The maximum atomic E-state index is 12.2. The highest BCUT2D eigenvalue weighted by Crippen LogP contribution is 2.20. The quantitative estimate of drug-likeness (QED) is 0.686. The Morgan fingerprint density at radius 3 is 2.11 bits per heavy atom. The Morgan fingerprint density at radius 2 is 1.63 bits per heavy atom. The average Bonchev–Trinajstić information content (AvgIpc) is 2.37. The van der Waals surface area contributed by atoms with E-state index in [0.29, 0.717) is 16.7 Å².